The summed E-state index contributed by atoms with van der Waals surface area (Å²) in [5, 5.41) is 11.5. The van der Waals surface area contributed by atoms with Gasteiger partial charge in [0.1, 0.15) is 6.33 Å². The first-order valence-electron chi connectivity index (χ1n) is 9.31. The zero-order chi connectivity index (χ0) is 21.1. The van der Waals surface area contributed by atoms with Crippen LogP contribution in [0, 0.1) is 10.1 Å². The third-order valence-corrected chi connectivity index (χ3v) is 5.44. The van der Waals surface area contributed by atoms with E-state index in [1.54, 1.807) is 17.0 Å². The molecule has 3 aromatic rings. The van der Waals surface area contributed by atoms with Crippen LogP contribution in [0.2, 0.25) is 0 Å². The summed E-state index contributed by atoms with van der Waals surface area (Å²) < 4.78 is 6.57. The number of non-ortho nitro benzene ring substituents is 1. The van der Waals surface area contributed by atoms with Crippen LogP contribution < -0.4 is 9.64 Å². The molecule has 1 fully saturated rings. The quantitative estimate of drug-likeness (QED) is 0.416. The number of piperazine rings is 1. The first kappa shape index (κ1) is 20.0. The Balaban J connectivity index is 1.34. The number of aromatic nitrogens is 2. The highest BCUT2D eigenvalue weighted by molar-refractivity contribution is 9.10. The van der Waals surface area contributed by atoms with Crippen LogP contribution in [0.25, 0.3) is 10.9 Å². The molecule has 1 aliphatic rings. The van der Waals surface area contributed by atoms with Gasteiger partial charge in [0, 0.05) is 48.5 Å². The maximum atomic E-state index is 12.6. The molecule has 0 unspecified atom stereocenters. The van der Waals surface area contributed by atoms with Crippen molar-refractivity contribution in [3.8, 4) is 5.88 Å². The number of benzene rings is 2. The lowest BCUT2D eigenvalue weighted by molar-refractivity contribution is -0.384. The zero-order valence-electron chi connectivity index (χ0n) is 15.9. The molecule has 2 heterocycles. The molecule has 9 nitrogen and oxygen atoms in total. The van der Waals surface area contributed by atoms with Gasteiger partial charge in [0.15, 0.2) is 6.61 Å². The minimum absolute atomic E-state index is 0.0639. The first-order valence-corrected chi connectivity index (χ1v) is 10.1. The molecule has 0 atom stereocenters. The minimum atomic E-state index is -0.417. The van der Waals surface area contributed by atoms with E-state index in [1.165, 1.54) is 18.5 Å². The molecular weight excluding hydrogens is 454 g/mol. The lowest BCUT2D eigenvalue weighted by Crippen LogP contribution is -2.50. The SMILES string of the molecule is O=C(COc1ncnc2ccc(Br)cc12)N1CCN(c2ccc([N+](=O)[O-])cc2)CC1. The molecule has 1 aromatic heterocycles. The van der Waals surface area contributed by atoms with Gasteiger partial charge in [-0.25, -0.2) is 9.97 Å². The summed E-state index contributed by atoms with van der Waals surface area (Å²) in [6.45, 7) is 2.29. The molecule has 0 spiro atoms. The van der Waals surface area contributed by atoms with Crippen molar-refractivity contribution in [1.29, 1.82) is 0 Å². The number of rotatable bonds is 5. The molecule has 0 bridgehead atoms. The number of carbonyl (C=O) groups is 1. The Kier molecular flexibility index (Phi) is 5.75. The summed E-state index contributed by atoms with van der Waals surface area (Å²) in [6, 6.07) is 12.0. The van der Waals surface area contributed by atoms with Crippen molar-refractivity contribution in [2.24, 2.45) is 0 Å². The smallest absolute Gasteiger partial charge is 0.269 e. The predicted molar refractivity (Wildman–Crippen MR) is 115 cm³/mol. The number of halogens is 1. The van der Waals surface area contributed by atoms with Crippen molar-refractivity contribution >= 4 is 44.1 Å². The van der Waals surface area contributed by atoms with E-state index < -0.39 is 4.92 Å². The number of hydrogen-bond acceptors (Lipinski definition) is 7. The second-order valence-corrected chi connectivity index (χ2v) is 7.69. The van der Waals surface area contributed by atoms with Crippen LogP contribution in [0.1, 0.15) is 0 Å². The van der Waals surface area contributed by atoms with Crippen molar-refractivity contribution < 1.29 is 14.5 Å². The van der Waals surface area contributed by atoms with Crippen LogP contribution in [0.3, 0.4) is 0 Å². The van der Waals surface area contributed by atoms with E-state index in [0.29, 0.717) is 32.1 Å². The topological polar surface area (TPSA) is 102 Å². The number of amides is 1. The average Bonchev–Trinajstić information content (AvgIpc) is 2.77. The summed E-state index contributed by atoms with van der Waals surface area (Å²) in [5.74, 6) is 0.263. The number of carbonyl (C=O) groups excluding carboxylic acids is 1. The maximum absolute atomic E-state index is 12.6. The molecular formula is C20H18BrN5O4. The predicted octanol–water partition coefficient (Wildman–Crippen LogP) is 3.03. The van der Waals surface area contributed by atoms with Gasteiger partial charge >= 0.3 is 0 Å². The van der Waals surface area contributed by atoms with Gasteiger partial charge < -0.3 is 14.5 Å². The molecule has 0 saturated carbocycles. The third kappa shape index (κ3) is 4.33. The second kappa shape index (κ2) is 8.62. The fourth-order valence-electron chi connectivity index (χ4n) is 3.34. The van der Waals surface area contributed by atoms with Crippen molar-refractivity contribution in [3.63, 3.8) is 0 Å². The van der Waals surface area contributed by atoms with Crippen molar-refractivity contribution in [3.05, 3.63) is 63.4 Å². The monoisotopic (exact) mass is 471 g/mol. The Bertz CT molecular complexity index is 1080. The van der Waals surface area contributed by atoms with Crippen LogP contribution >= 0.6 is 15.9 Å². The van der Waals surface area contributed by atoms with E-state index in [-0.39, 0.29) is 18.2 Å². The number of anilines is 1. The molecule has 0 aliphatic carbocycles. The van der Waals surface area contributed by atoms with E-state index in [9.17, 15) is 14.9 Å². The maximum Gasteiger partial charge on any atom is 0.269 e. The Morgan fingerprint density at radius 3 is 2.53 bits per heavy atom. The van der Waals surface area contributed by atoms with E-state index >= 15 is 0 Å². The zero-order valence-corrected chi connectivity index (χ0v) is 17.5. The average molecular weight is 472 g/mol. The molecule has 154 valence electrons. The van der Waals surface area contributed by atoms with Crippen molar-refractivity contribution in [1.82, 2.24) is 14.9 Å². The van der Waals surface area contributed by atoms with Gasteiger partial charge in [-0.15, -0.1) is 0 Å². The van der Waals surface area contributed by atoms with Gasteiger partial charge in [-0.2, -0.15) is 0 Å². The lowest BCUT2D eigenvalue weighted by Gasteiger charge is -2.36. The molecule has 30 heavy (non-hydrogen) atoms. The van der Waals surface area contributed by atoms with Crippen LogP contribution in [0.5, 0.6) is 5.88 Å². The number of fused-ring (bicyclic) bond motifs is 1. The van der Waals surface area contributed by atoms with E-state index in [1.807, 2.05) is 18.2 Å². The van der Waals surface area contributed by atoms with E-state index in [4.69, 9.17) is 4.74 Å². The third-order valence-electron chi connectivity index (χ3n) is 4.95. The number of nitro benzene ring substituents is 1. The van der Waals surface area contributed by atoms with E-state index in [2.05, 4.69) is 30.8 Å². The van der Waals surface area contributed by atoms with Crippen molar-refractivity contribution in [2.75, 3.05) is 37.7 Å². The highest BCUT2D eigenvalue weighted by Crippen LogP contribution is 2.25. The summed E-state index contributed by atoms with van der Waals surface area (Å²) >= 11 is 3.42. The molecule has 10 heteroatoms. The largest absolute Gasteiger partial charge is 0.467 e. The van der Waals surface area contributed by atoms with Gasteiger partial charge in [-0.1, -0.05) is 15.9 Å². The van der Waals surface area contributed by atoms with Crippen molar-refractivity contribution in [2.45, 2.75) is 0 Å². The van der Waals surface area contributed by atoms with Gasteiger partial charge in [-0.3, -0.25) is 14.9 Å². The second-order valence-electron chi connectivity index (χ2n) is 6.77. The molecule has 0 N–H and O–H groups in total. The normalized spacial score (nSPS) is 14.0. The van der Waals surface area contributed by atoms with Crippen LogP contribution in [-0.4, -0.2) is 58.5 Å². The molecule has 4 rings (SSSR count). The molecule has 0 radical (unpaired) electrons. The molecule has 1 amide bonds. The number of hydrogen-bond donors (Lipinski definition) is 0. The van der Waals surface area contributed by atoms with E-state index in [0.717, 1.165) is 21.1 Å². The highest BCUT2D eigenvalue weighted by Gasteiger charge is 2.22. The van der Waals surface area contributed by atoms with Crippen LogP contribution in [0.15, 0.2) is 53.3 Å². The Labute approximate surface area is 180 Å². The summed E-state index contributed by atoms with van der Waals surface area (Å²) in [6.07, 6.45) is 1.42. The molecule has 1 aliphatic heterocycles. The van der Waals surface area contributed by atoms with Gasteiger partial charge in [0.05, 0.1) is 15.8 Å². The van der Waals surface area contributed by atoms with Gasteiger partial charge in [-0.05, 0) is 30.3 Å². The van der Waals surface area contributed by atoms with Crippen LogP contribution in [0.4, 0.5) is 11.4 Å². The highest BCUT2D eigenvalue weighted by atomic mass is 79.9. The fraction of sp³-hybridized carbons (Fsp3) is 0.250. The number of nitro groups is 1. The van der Waals surface area contributed by atoms with Crippen LogP contribution in [-0.2, 0) is 4.79 Å². The Morgan fingerprint density at radius 1 is 1.10 bits per heavy atom. The summed E-state index contributed by atoms with van der Waals surface area (Å²) in [4.78, 5) is 35.2. The fourth-order valence-corrected chi connectivity index (χ4v) is 3.70. The Morgan fingerprint density at radius 2 is 1.83 bits per heavy atom. The number of ether oxygens (including phenoxy) is 1. The Hall–Kier alpha value is -3.27. The first-order chi connectivity index (χ1) is 14.5. The molecule has 1 saturated heterocycles. The summed E-state index contributed by atoms with van der Waals surface area (Å²) in [7, 11) is 0. The number of nitrogens with zero attached hydrogens (tertiary/aromatic N) is 5. The lowest BCUT2D eigenvalue weighted by atomic mass is 10.2. The minimum Gasteiger partial charge on any atom is -0.467 e. The summed E-state index contributed by atoms with van der Waals surface area (Å²) in [5.41, 5.74) is 1.71. The molecule has 2 aromatic carbocycles. The standard InChI is InChI=1S/C20H18BrN5O4/c21-14-1-6-18-17(11-14)20(23-13-22-18)30-12-19(27)25-9-7-24(8-10-25)15-2-4-16(5-3-15)26(28)29/h1-6,11,13H,7-10,12H2. The van der Waals surface area contributed by atoms with Gasteiger partial charge in [0.25, 0.3) is 11.6 Å². The van der Waals surface area contributed by atoms with Gasteiger partial charge in [0.2, 0.25) is 5.88 Å².